The summed E-state index contributed by atoms with van der Waals surface area (Å²) in [4.78, 5) is 35.6. The van der Waals surface area contributed by atoms with E-state index in [2.05, 4.69) is 9.80 Å². The Kier molecular flexibility index (Phi) is 11.4. The minimum Gasteiger partial charge on any atom is -0.497 e. The maximum atomic E-state index is 15.5. The molecule has 13 nitrogen and oxygen atoms in total. The molecule has 276 valence electrons. The number of amides is 2. The van der Waals surface area contributed by atoms with Crippen molar-refractivity contribution < 1.29 is 37.0 Å². The van der Waals surface area contributed by atoms with Crippen LogP contribution < -0.4 is 18.5 Å². The predicted molar refractivity (Wildman–Crippen MR) is 194 cm³/mol. The molecule has 5 rings (SSSR count). The number of halogens is 1. The molecule has 2 aliphatic heterocycles. The maximum absolute atomic E-state index is 15.5. The van der Waals surface area contributed by atoms with Crippen molar-refractivity contribution in [3.05, 3.63) is 76.3 Å². The maximum Gasteiger partial charge on any atom is 0.410 e. The molecule has 0 N–H and O–H groups in total. The highest BCUT2D eigenvalue weighted by Crippen LogP contribution is 2.55. The molecule has 3 aromatic rings. The zero-order valence-corrected chi connectivity index (χ0v) is 31.9. The van der Waals surface area contributed by atoms with Crippen LogP contribution in [0.4, 0.5) is 10.5 Å². The van der Waals surface area contributed by atoms with Gasteiger partial charge in [0.05, 0.1) is 27.0 Å². The molecule has 1 fully saturated rings. The van der Waals surface area contributed by atoms with Crippen molar-refractivity contribution in [2.45, 2.75) is 36.0 Å². The Morgan fingerprint density at radius 3 is 2.27 bits per heavy atom. The Labute approximate surface area is 305 Å². The van der Waals surface area contributed by atoms with E-state index < -0.39 is 33.8 Å². The summed E-state index contributed by atoms with van der Waals surface area (Å²) in [5.41, 5.74) is -0.139. The first kappa shape index (κ1) is 38.2. The molecule has 2 aliphatic rings. The largest absolute Gasteiger partial charge is 0.497 e. The number of rotatable bonds is 13. The van der Waals surface area contributed by atoms with Crippen LogP contribution in [0.3, 0.4) is 0 Å². The number of anilines is 1. The Morgan fingerprint density at radius 1 is 0.902 bits per heavy atom. The molecule has 51 heavy (non-hydrogen) atoms. The fourth-order valence-corrected chi connectivity index (χ4v) is 8.50. The molecule has 0 spiro atoms. The number of nitrogens with zero attached hydrogens (tertiary/aromatic N) is 5. The van der Waals surface area contributed by atoms with Gasteiger partial charge in [0.15, 0.2) is 11.8 Å². The molecule has 0 aromatic heterocycles. The number of fused-ring (bicyclic) bond motifs is 1. The minimum atomic E-state index is -4.64. The molecule has 3 aromatic carbocycles. The Balaban J connectivity index is 1.76. The number of ether oxygens (including phenoxy) is 4. The molecular weight excluding hydrogens is 698 g/mol. The van der Waals surface area contributed by atoms with Crippen molar-refractivity contribution in [3.63, 3.8) is 0 Å². The van der Waals surface area contributed by atoms with Gasteiger partial charge in [0.1, 0.15) is 22.1 Å². The summed E-state index contributed by atoms with van der Waals surface area (Å²) in [7, 11) is 8.87. The van der Waals surface area contributed by atoms with E-state index >= 15 is 4.79 Å². The molecule has 1 saturated heterocycles. The summed E-state index contributed by atoms with van der Waals surface area (Å²) in [5.74, 6) is -0.0763. The van der Waals surface area contributed by atoms with Gasteiger partial charge in [0.25, 0.3) is 15.9 Å². The lowest BCUT2D eigenvalue weighted by molar-refractivity contribution is -0.132. The number of hydrogen-bond donors (Lipinski definition) is 0. The number of hydrogen-bond acceptors (Lipinski definition) is 11. The van der Waals surface area contributed by atoms with Gasteiger partial charge in [-0.2, -0.15) is 0 Å². The van der Waals surface area contributed by atoms with Crippen LogP contribution in [-0.2, 0) is 31.6 Å². The van der Waals surface area contributed by atoms with Gasteiger partial charge < -0.3 is 33.6 Å². The van der Waals surface area contributed by atoms with E-state index in [1.54, 1.807) is 31.1 Å². The highest BCUT2D eigenvalue weighted by Gasteiger charge is 2.63. The van der Waals surface area contributed by atoms with Gasteiger partial charge in [0.2, 0.25) is 0 Å². The van der Waals surface area contributed by atoms with Crippen molar-refractivity contribution in [1.29, 1.82) is 0 Å². The summed E-state index contributed by atoms with van der Waals surface area (Å²) >= 11 is 6.66. The third-order valence-corrected chi connectivity index (χ3v) is 11.2. The van der Waals surface area contributed by atoms with E-state index in [-0.39, 0.29) is 21.4 Å². The van der Waals surface area contributed by atoms with Crippen molar-refractivity contribution in [2.75, 3.05) is 80.5 Å². The number of carbonyl (C=O) groups excluding carboxylic acids is 2. The standard InChI is InChI=1S/C36H46ClN5O8S/c1-38(2)18-19-40(5)23-24-11-14-27(30(20-24)48-7)36(41-17-9-10-33(41)50-35(44)39(3)4)28-21-25(37)12-15-29(28)42(34(36)43)51(45,46)32-16-13-26(47-6)22-31(32)49-8/h11-16,20-22,33H,9-10,17-19,23H2,1-8H3/t33-,36?/m0/s1. The fourth-order valence-electron chi connectivity index (χ4n) is 6.72. The highest BCUT2D eigenvalue weighted by molar-refractivity contribution is 7.93. The smallest absolute Gasteiger partial charge is 0.410 e. The molecule has 2 atom stereocenters. The van der Waals surface area contributed by atoms with E-state index in [1.807, 2.05) is 33.3 Å². The molecule has 0 bridgehead atoms. The normalized spacial score (nSPS) is 19.1. The quantitative estimate of drug-likeness (QED) is 0.247. The van der Waals surface area contributed by atoms with Crippen LogP contribution in [0.15, 0.2) is 59.5 Å². The molecule has 0 aliphatic carbocycles. The van der Waals surface area contributed by atoms with E-state index in [0.29, 0.717) is 48.6 Å². The summed E-state index contributed by atoms with van der Waals surface area (Å²) in [6.07, 6.45) is -0.530. The summed E-state index contributed by atoms with van der Waals surface area (Å²) < 4.78 is 53.2. The second-order valence-corrected chi connectivity index (χ2v) is 15.3. The third kappa shape index (κ3) is 7.07. The number of benzene rings is 3. The molecule has 0 radical (unpaired) electrons. The second kappa shape index (κ2) is 15.3. The highest BCUT2D eigenvalue weighted by atomic mass is 35.5. The van der Waals surface area contributed by atoms with Crippen molar-refractivity contribution in [1.82, 2.24) is 19.6 Å². The first-order chi connectivity index (χ1) is 24.2. The van der Waals surface area contributed by atoms with Crippen LogP contribution in [0, 0.1) is 0 Å². The SMILES string of the molecule is COc1ccc(S(=O)(=O)N2C(=O)C(c3ccc(CN(C)CCN(C)C)cc3OC)(N3CCC[C@@H]3OC(=O)N(C)C)c3cc(Cl)ccc32)c(OC)c1. The average molecular weight is 744 g/mol. The summed E-state index contributed by atoms with van der Waals surface area (Å²) in [6, 6.07) is 14.5. The van der Waals surface area contributed by atoms with Gasteiger partial charge in [-0.15, -0.1) is 0 Å². The van der Waals surface area contributed by atoms with Gasteiger partial charge >= 0.3 is 6.09 Å². The van der Waals surface area contributed by atoms with Gasteiger partial charge in [-0.3, -0.25) is 4.79 Å². The minimum absolute atomic E-state index is 0.00514. The van der Waals surface area contributed by atoms with Crippen molar-refractivity contribution in [2.24, 2.45) is 0 Å². The predicted octanol–water partition coefficient (Wildman–Crippen LogP) is 4.46. The average Bonchev–Trinajstić information content (AvgIpc) is 3.66. The fraction of sp³-hybridized carbons (Fsp3) is 0.444. The van der Waals surface area contributed by atoms with Gasteiger partial charge in [0, 0.05) is 62.5 Å². The zero-order chi connectivity index (χ0) is 37.2. The Morgan fingerprint density at radius 2 is 1.63 bits per heavy atom. The summed E-state index contributed by atoms with van der Waals surface area (Å²) in [5, 5.41) is 0.284. The second-order valence-electron chi connectivity index (χ2n) is 13.1. The zero-order valence-electron chi connectivity index (χ0n) is 30.3. The van der Waals surface area contributed by atoms with Gasteiger partial charge in [-0.25, -0.2) is 22.4 Å². The van der Waals surface area contributed by atoms with Crippen LogP contribution in [0.5, 0.6) is 17.2 Å². The number of carbonyl (C=O) groups is 2. The number of likely N-dealkylation sites (tertiary alicyclic amines) is 1. The Bertz CT molecular complexity index is 1890. The van der Waals surface area contributed by atoms with Gasteiger partial charge in [-0.1, -0.05) is 23.7 Å². The lowest BCUT2D eigenvalue weighted by atomic mass is 9.81. The van der Waals surface area contributed by atoms with Gasteiger partial charge in [-0.05, 0) is 75.9 Å². The number of sulfonamides is 1. The van der Waals surface area contributed by atoms with E-state index in [1.165, 1.54) is 56.6 Å². The molecule has 1 unspecified atom stereocenters. The van der Waals surface area contributed by atoms with Crippen LogP contribution >= 0.6 is 11.6 Å². The molecule has 15 heteroatoms. The molecule has 2 amide bonds. The van der Waals surface area contributed by atoms with E-state index in [0.717, 1.165) is 23.0 Å². The van der Waals surface area contributed by atoms with Crippen LogP contribution in [0.1, 0.15) is 29.5 Å². The van der Waals surface area contributed by atoms with Crippen LogP contribution in [-0.4, -0.2) is 122 Å². The number of methoxy groups -OCH3 is 3. The molecule has 0 saturated carbocycles. The molecular formula is C36H46ClN5O8S. The van der Waals surface area contributed by atoms with Crippen LogP contribution in [0.2, 0.25) is 5.02 Å². The van der Waals surface area contributed by atoms with E-state index in [9.17, 15) is 13.2 Å². The van der Waals surface area contributed by atoms with E-state index in [4.69, 9.17) is 30.5 Å². The lowest BCUT2D eigenvalue weighted by Crippen LogP contribution is -2.57. The third-order valence-electron chi connectivity index (χ3n) is 9.22. The lowest BCUT2D eigenvalue weighted by Gasteiger charge is -2.41. The topological polar surface area (TPSA) is 121 Å². The van der Waals surface area contributed by atoms with Crippen molar-refractivity contribution in [3.8, 4) is 17.2 Å². The monoisotopic (exact) mass is 743 g/mol. The van der Waals surface area contributed by atoms with Crippen LogP contribution in [0.25, 0.3) is 0 Å². The first-order valence-electron chi connectivity index (χ1n) is 16.5. The Hall–Kier alpha value is -4.08. The first-order valence-corrected chi connectivity index (χ1v) is 18.3. The number of likely N-dealkylation sites (N-methyl/N-ethyl adjacent to an activating group) is 2. The summed E-state index contributed by atoms with van der Waals surface area (Å²) in [6.45, 7) is 2.57. The van der Waals surface area contributed by atoms with Crippen molar-refractivity contribution >= 4 is 39.3 Å². The molecule has 2 heterocycles.